The number of halogens is 5. The number of ketones is 1. The first-order chi connectivity index (χ1) is 22.9. The first-order valence-electron chi connectivity index (χ1n) is 15.9. The summed E-state index contributed by atoms with van der Waals surface area (Å²) < 4.78 is 74.0. The maximum Gasteiger partial charge on any atom is 0.461 e. The SMILES string of the molecule is CC(C)C(C(=O)C(F)(F)C(F)(F)F)N1Cc2ccccc2CC1C(=O)NC(=O)[C@@H](NC(=O)c1ccc(C(=O)N2CCOCC2)cc1)C(C)C. The van der Waals surface area contributed by atoms with E-state index in [2.05, 4.69) is 10.6 Å². The molecule has 2 aliphatic rings. The van der Waals surface area contributed by atoms with Gasteiger partial charge < -0.3 is 15.0 Å². The number of nitrogens with one attached hydrogen (secondary N) is 2. The molecule has 4 rings (SSSR count). The van der Waals surface area contributed by atoms with Crippen molar-refractivity contribution in [1.82, 2.24) is 20.4 Å². The number of Topliss-reactive ketones (excluding diaryl/α,β-unsaturated/α-hetero) is 1. The number of carbonyl (C=O) groups is 5. The molecule has 2 heterocycles. The zero-order valence-corrected chi connectivity index (χ0v) is 27.5. The van der Waals surface area contributed by atoms with Crippen molar-refractivity contribution >= 4 is 29.4 Å². The van der Waals surface area contributed by atoms with Crippen LogP contribution < -0.4 is 10.6 Å². The second kappa shape index (κ2) is 15.1. The van der Waals surface area contributed by atoms with Crippen LogP contribution in [-0.2, 0) is 32.1 Å². The highest BCUT2D eigenvalue weighted by atomic mass is 19.4. The number of nitrogens with zero attached hydrogens (tertiary/aromatic N) is 2. The van der Waals surface area contributed by atoms with Gasteiger partial charge in [0, 0.05) is 30.8 Å². The summed E-state index contributed by atoms with van der Waals surface area (Å²) in [4.78, 5) is 68.5. The normalized spacial score (nSPS) is 18.4. The summed E-state index contributed by atoms with van der Waals surface area (Å²) in [6, 6.07) is 7.57. The molecule has 0 aromatic heterocycles. The van der Waals surface area contributed by atoms with Crippen LogP contribution in [0.5, 0.6) is 0 Å². The van der Waals surface area contributed by atoms with Gasteiger partial charge in [-0.3, -0.25) is 34.2 Å². The number of rotatable bonds is 10. The summed E-state index contributed by atoms with van der Waals surface area (Å²) in [7, 11) is 0. The average Bonchev–Trinajstić information content (AvgIpc) is 3.05. The van der Waals surface area contributed by atoms with Crippen molar-refractivity contribution in [3.8, 4) is 0 Å². The van der Waals surface area contributed by atoms with E-state index in [1.54, 1.807) is 43.0 Å². The lowest BCUT2D eigenvalue weighted by atomic mass is 9.86. The first kappa shape index (κ1) is 37.6. The van der Waals surface area contributed by atoms with Crippen LogP contribution in [-0.4, -0.2) is 95.7 Å². The van der Waals surface area contributed by atoms with Crippen molar-refractivity contribution < 1.29 is 50.7 Å². The molecule has 10 nitrogen and oxygen atoms in total. The number of fused-ring (bicyclic) bond motifs is 1. The molecular weight excluding hydrogens is 655 g/mol. The van der Waals surface area contributed by atoms with Crippen LogP contribution in [0.3, 0.4) is 0 Å². The van der Waals surface area contributed by atoms with Gasteiger partial charge in [-0.05, 0) is 53.6 Å². The number of hydrogen-bond acceptors (Lipinski definition) is 7. The quantitative estimate of drug-likeness (QED) is 0.363. The standard InChI is InChI=1S/C34H39F5N4O6/c1-19(2)26(40-29(45)21-9-11-22(12-10-21)32(48)42-13-15-49-16-14-42)31(47)41-30(46)25-17-23-7-5-6-8-24(23)18-43(25)27(20(3)4)28(44)33(35,36)34(37,38)39/h5-12,19-20,25-27H,13-18H2,1-4H3,(H,40,45)(H,41,46,47)/t25?,26-,27?/m0/s1. The van der Waals surface area contributed by atoms with Crippen LogP contribution in [0, 0.1) is 11.8 Å². The minimum Gasteiger partial charge on any atom is -0.378 e. The molecule has 2 aliphatic heterocycles. The molecule has 2 unspecified atom stereocenters. The highest BCUT2D eigenvalue weighted by Crippen LogP contribution is 2.40. The fraction of sp³-hybridized carbons (Fsp3) is 0.500. The molecule has 1 fully saturated rings. The number of morpholine rings is 1. The minimum atomic E-state index is -6.15. The molecule has 266 valence electrons. The van der Waals surface area contributed by atoms with Crippen molar-refractivity contribution in [2.24, 2.45) is 11.8 Å². The van der Waals surface area contributed by atoms with Gasteiger partial charge in [-0.25, -0.2) is 0 Å². The van der Waals surface area contributed by atoms with Crippen LogP contribution in [0.2, 0.25) is 0 Å². The number of ether oxygens (including phenoxy) is 1. The Hall–Kier alpha value is -4.24. The number of hydrogen-bond donors (Lipinski definition) is 2. The van der Waals surface area contributed by atoms with Gasteiger partial charge in [0.05, 0.1) is 25.3 Å². The molecule has 49 heavy (non-hydrogen) atoms. The third kappa shape index (κ3) is 8.32. The summed E-state index contributed by atoms with van der Waals surface area (Å²) in [5.74, 6) is -12.6. The van der Waals surface area contributed by atoms with E-state index < -0.39 is 65.6 Å². The average molecular weight is 695 g/mol. The summed E-state index contributed by atoms with van der Waals surface area (Å²) in [6.45, 7) is 7.21. The molecule has 2 aromatic carbocycles. The third-order valence-corrected chi connectivity index (χ3v) is 8.68. The van der Waals surface area contributed by atoms with Crippen LogP contribution in [0.25, 0.3) is 0 Å². The molecule has 2 aromatic rings. The lowest BCUT2D eigenvalue weighted by molar-refractivity contribution is -0.271. The number of amides is 4. The molecule has 4 amide bonds. The van der Waals surface area contributed by atoms with E-state index in [4.69, 9.17) is 4.74 Å². The summed E-state index contributed by atoms with van der Waals surface area (Å²) in [5.41, 5.74) is 1.60. The molecule has 15 heteroatoms. The second-order valence-electron chi connectivity index (χ2n) is 12.8. The van der Waals surface area contributed by atoms with E-state index in [1.165, 1.54) is 38.1 Å². The lowest BCUT2D eigenvalue weighted by Crippen LogP contribution is -2.63. The Balaban J connectivity index is 1.53. The van der Waals surface area contributed by atoms with Crippen LogP contribution in [0.15, 0.2) is 48.5 Å². The van der Waals surface area contributed by atoms with Crippen LogP contribution in [0.4, 0.5) is 22.0 Å². The largest absolute Gasteiger partial charge is 0.461 e. The van der Waals surface area contributed by atoms with Gasteiger partial charge >= 0.3 is 12.1 Å². The summed E-state index contributed by atoms with van der Waals surface area (Å²) in [5, 5.41) is 4.76. The third-order valence-electron chi connectivity index (χ3n) is 8.68. The van der Waals surface area contributed by atoms with Crippen LogP contribution >= 0.6 is 0 Å². The number of alkyl halides is 5. The van der Waals surface area contributed by atoms with Crippen LogP contribution in [0.1, 0.15) is 59.5 Å². The van der Waals surface area contributed by atoms with Gasteiger partial charge in [-0.15, -0.1) is 0 Å². The zero-order valence-electron chi connectivity index (χ0n) is 27.5. The van der Waals surface area contributed by atoms with Crippen molar-refractivity contribution in [2.45, 2.75) is 70.9 Å². The maximum atomic E-state index is 14.4. The fourth-order valence-corrected chi connectivity index (χ4v) is 6.00. The summed E-state index contributed by atoms with van der Waals surface area (Å²) in [6.07, 6.45) is -6.34. The molecule has 0 radical (unpaired) electrons. The number of carbonyl (C=O) groups excluding carboxylic acids is 5. The molecule has 0 bridgehead atoms. The summed E-state index contributed by atoms with van der Waals surface area (Å²) >= 11 is 0. The van der Waals surface area contributed by atoms with Gasteiger partial charge in [0.1, 0.15) is 6.04 Å². The predicted molar refractivity (Wildman–Crippen MR) is 167 cm³/mol. The Kier molecular flexibility index (Phi) is 11.6. The van der Waals surface area contributed by atoms with Gasteiger partial charge in [0.2, 0.25) is 17.6 Å². The van der Waals surface area contributed by atoms with Gasteiger partial charge in [0.25, 0.3) is 11.8 Å². The van der Waals surface area contributed by atoms with Gasteiger partial charge in [-0.1, -0.05) is 52.0 Å². The van der Waals surface area contributed by atoms with Crippen molar-refractivity contribution in [1.29, 1.82) is 0 Å². The second-order valence-corrected chi connectivity index (χ2v) is 12.8. The van der Waals surface area contributed by atoms with E-state index in [1.807, 2.05) is 0 Å². The first-order valence-corrected chi connectivity index (χ1v) is 15.9. The monoisotopic (exact) mass is 694 g/mol. The molecular formula is C34H39F5N4O6. The smallest absolute Gasteiger partial charge is 0.378 e. The highest BCUT2D eigenvalue weighted by molar-refractivity contribution is 6.04. The Morgan fingerprint density at radius 1 is 0.816 bits per heavy atom. The fourth-order valence-electron chi connectivity index (χ4n) is 6.00. The van der Waals surface area contributed by atoms with E-state index in [0.29, 0.717) is 43.0 Å². The van der Waals surface area contributed by atoms with Gasteiger partial charge in [-0.2, -0.15) is 22.0 Å². The predicted octanol–water partition coefficient (Wildman–Crippen LogP) is 3.77. The van der Waals surface area contributed by atoms with Crippen molar-refractivity contribution in [2.75, 3.05) is 26.3 Å². The van der Waals surface area contributed by atoms with E-state index in [-0.39, 0.29) is 24.4 Å². The van der Waals surface area contributed by atoms with E-state index >= 15 is 0 Å². The molecule has 2 N–H and O–H groups in total. The Labute approximate surface area is 280 Å². The maximum absolute atomic E-state index is 14.4. The van der Waals surface area contributed by atoms with Crippen molar-refractivity contribution in [3.05, 3.63) is 70.8 Å². The Morgan fingerprint density at radius 3 is 1.94 bits per heavy atom. The Morgan fingerprint density at radius 2 is 1.39 bits per heavy atom. The molecule has 0 spiro atoms. The topological polar surface area (TPSA) is 125 Å². The number of imide groups is 1. The highest BCUT2D eigenvalue weighted by Gasteiger charge is 2.65. The van der Waals surface area contributed by atoms with Gasteiger partial charge in [0.15, 0.2) is 0 Å². The molecule has 0 saturated carbocycles. The molecule has 3 atom stereocenters. The molecule has 0 aliphatic carbocycles. The lowest BCUT2D eigenvalue weighted by Gasteiger charge is -2.42. The van der Waals surface area contributed by atoms with E-state index in [9.17, 15) is 45.9 Å². The zero-order chi connectivity index (χ0) is 36.3. The van der Waals surface area contributed by atoms with E-state index in [0.717, 1.165) is 4.90 Å². The number of benzene rings is 2. The van der Waals surface area contributed by atoms with Crippen molar-refractivity contribution in [3.63, 3.8) is 0 Å². The Bertz CT molecular complexity index is 1560. The molecule has 1 saturated heterocycles. The minimum absolute atomic E-state index is 0.127.